The predicted octanol–water partition coefficient (Wildman–Crippen LogP) is 3.84. The number of nitrogens with one attached hydrogen (secondary N) is 1. The average Bonchev–Trinajstić information content (AvgIpc) is 3.03. The van der Waals surface area contributed by atoms with E-state index in [0.29, 0.717) is 25.9 Å². The number of esters is 1. The van der Waals surface area contributed by atoms with Gasteiger partial charge in [0.2, 0.25) is 0 Å². The van der Waals surface area contributed by atoms with E-state index in [1.165, 1.54) is 0 Å². The van der Waals surface area contributed by atoms with Gasteiger partial charge >= 0.3 is 12.0 Å². The predicted molar refractivity (Wildman–Crippen MR) is 117 cm³/mol. The van der Waals surface area contributed by atoms with E-state index in [-0.39, 0.29) is 18.1 Å². The summed E-state index contributed by atoms with van der Waals surface area (Å²) in [6, 6.07) is 17.7. The molecule has 2 aliphatic rings. The van der Waals surface area contributed by atoms with Gasteiger partial charge < -0.3 is 19.9 Å². The number of cyclic esters (lactones) is 1. The Hall–Kier alpha value is -2.86. The first kappa shape index (κ1) is 20.4. The van der Waals surface area contributed by atoms with Crippen LogP contribution in [0.3, 0.4) is 0 Å². The Balaban J connectivity index is 1.40. The Labute approximate surface area is 177 Å². The van der Waals surface area contributed by atoms with Gasteiger partial charge in [0.15, 0.2) is 0 Å². The zero-order valence-corrected chi connectivity index (χ0v) is 17.6. The van der Waals surface area contributed by atoms with Crippen LogP contribution in [0, 0.1) is 5.41 Å². The van der Waals surface area contributed by atoms with Crippen molar-refractivity contribution in [2.24, 2.45) is 5.41 Å². The molecular weight excluding hydrogens is 378 g/mol. The molecule has 2 saturated heterocycles. The van der Waals surface area contributed by atoms with Crippen molar-refractivity contribution in [3.8, 4) is 11.1 Å². The molecule has 2 heterocycles. The number of hydrogen-bond acceptors (Lipinski definition) is 4. The summed E-state index contributed by atoms with van der Waals surface area (Å²) in [6.45, 7) is 1.86. The van der Waals surface area contributed by atoms with Crippen molar-refractivity contribution < 1.29 is 14.3 Å². The Morgan fingerprint density at radius 2 is 1.77 bits per heavy atom. The van der Waals surface area contributed by atoms with Crippen molar-refractivity contribution in [2.45, 2.75) is 25.4 Å². The number of piperidine rings is 1. The van der Waals surface area contributed by atoms with E-state index in [9.17, 15) is 9.59 Å². The van der Waals surface area contributed by atoms with Gasteiger partial charge in [-0.05, 0) is 38.6 Å². The molecule has 0 radical (unpaired) electrons. The summed E-state index contributed by atoms with van der Waals surface area (Å²) in [6.07, 6.45) is 2.01. The largest absolute Gasteiger partial charge is 0.461 e. The van der Waals surface area contributed by atoms with Crippen molar-refractivity contribution in [1.82, 2.24) is 9.80 Å². The molecule has 2 amide bonds. The fraction of sp³-hybridized carbons (Fsp3) is 0.417. The maximum Gasteiger partial charge on any atom is 0.321 e. The number of para-hydroxylation sites is 1. The van der Waals surface area contributed by atoms with Crippen molar-refractivity contribution in [1.29, 1.82) is 0 Å². The number of carbonyl (C=O) groups excluding carboxylic acids is 2. The number of amides is 2. The molecule has 6 nitrogen and oxygen atoms in total. The van der Waals surface area contributed by atoms with Crippen molar-refractivity contribution in [3.05, 3.63) is 54.6 Å². The van der Waals surface area contributed by atoms with Crippen LogP contribution in [0.25, 0.3) is 11.1 Å². The van der Waals surface area contributed by atoms with Crippen LogP contribution in [0.1, 0.15) is 19.3 Å². The van der Waals surface area contributed by atoms with E-state index in [1.807, 2.05) is 73.6 Å². The lowest BCUT2D eigenvalue weighted by Gasteiger charge is -2.36. The van der Waals surface area contributed by atoms with Crippen LogP contribution >= 0.6 is 0 Å². The number of anilines is 1. The first-order valence-corrected chi connectivity index (χ1v) is 10.5. The lowest BCUT2D eigenvalue weighted by Crippen LogP contribution is -2.46. The number of rotatable bonds is 4. The highest BCUT2D eigenvalue weighted by molar-refractivity contribution is 5.94. The van der Waals surface area contributed by atoms with Crippen LogP contribution < -0.4 is 5.32 Å². The van der Waals surface area contributed by atoms with Gasteiger partial charge in [-0.1, -0.05) is 48.5 Å². The molecule has 1 atom stereocenters. The molecule has 0 bridgehead atoms. The van der Waals surface area contributed by atoms with E-state index in [0.717, 1.165) is 29.8 Å². The van der Waals surface area contributed by atoms with Crippen molar-refractivity contribution in [2.75, 3.05) is 39.0 Å². The quantitative estimate of drug-likeness (QED) is 0.782. The number of benzene rings is 2. The van der Waals surface area contributed by atoms with Crippen LogP contribution in [0.15, 0.2) is 54.6 Å². The van der Waals surface area contributed by atoms with Gasteiger partial charge in [-0.25, -0.2) is 4.79 Å². The summed E-state index contributed by atoms with van der Waals surface area (Å²) in [4.78, 5) is 29.3. The highest BCUT2D eigenvalue weighted by Gasteiger charge is 2.50. The van der Waals surface area contributed by atoms with E-state index in [4.69, 9.17) is 4.74 Å². The molecule has 6 heteroatoms. The summed E-state index contributed by atoms with van der Waals surface area (Å²) in [5.74, 6) is -0.0937. The molecule has 2 aliphatic heterocycles. The minimum atomic E-state index is -0.431. The van der Waals surface area contributed by atoms with Gasteiger partial charge in [0, 0.05) is 31.6 Å². The smallest absolute Gasteiger partial charge is 0.321 e. The lowest BCUT2D eigenvalue weighted by atomic mass is 9.76. The fourth-order valence-electron chi connectivity index (χ4n) is 4.55. The van der Waals surface area contributed by atoms with Gasteiger partial charge in [-0.15, -0.1) is 0 Å². The van der Waals surface area contributed by atoms with E-state index < -0.39 is 5.41 Å². The molecule has 0 saturated carbocycles. The third kappa shape index (κ3) is 4.19. The van der Waals surface area contributed by atoms with Crippen LogP contribution in [0.5, 0.6) is 0 Å². The summed E-state index contributed by atoms with van der Waals surface area (Å²) in [5, 5.41) is 3.07. The Bertz CT molecular complexity index is 905. The highest BCUT2D eigenvalue weighted by atomic mass is 16.6. The molecule has 1 N–H and O–H groups in total. The van der Waals surface area contributed by atoms with Gasteiger partial charge in [0.1, 0.15) is 6.10 Å². The summed E-state index contributed by atoms with van der Waals surface area (Å²) in [7, 11) is 3.97. The number of likely N-dealkylation sites (tertiary alicyclic amines) is 1. The second-order valence-electron chi connectivity index (χ2n) is 8.60. The lowest BCUT2D eigenvalue weighted by molar-refractivity contribution is -0.150. The maximum absolute atomic E-state index is 12.9. The van der Waals surface area contributed by atoms with Crippen LogP contribution in [0.4, 0.5) is 10.5 Å². The third-order valence-electron chi connectivity index (χ3n) is 6.16. The molecular formula is C24H29N3O3. The number of urea groups is 1. The minimum Gasteiger partial charge on any atom is -0.461 e. The molecule has 4 rings (SSSR count). The minimum absolute atomic E-state index is 0.0503. The van der Waals surface area contributed by atoms with Gasteiger partial charge in [0.05, 0.1) is 11.1 Å². The molecule has 1 spiro atoms. The van der Waals surface area contributed by atoms with E-state index >= 15 is 0 Å². The third-order valence-corrected chi connectivity index (χ3v) is 6.16. The molecule has 2 fully saturated rings. The zero-order valence-electron chi connectivity index (χ0n) is 17.6. The summed E-state index contributed by atoms with van der Waals surface area (Å²) >= 11 is 0. The van der Waals surface area contributed by atoms with Crippen molar-refractivity contribution >= 4 is 17.7 Å². The average molecular weight is 408 g/mol. The van der Waals surface area contributed by atoms with E-state index in [2.05, 4.69) is 5.32 Å². The molecule has 0 aromatic heterocycles. The summed E-state index contributed by atoms with van der Waals surface area (Å²) < 4.78 is 5.62. The molecule has 158 valence electrons. The van der Waals surface area contributed by atoms with Crippen molar-refractivity contribution in [3.63, 3.8) is 0 Å². The first-order valence-electron chi connectivity index (χ1n) is 10.5. The second-order valence-corrected chi connectivity index (χ2v) is 8.60. The number of likely N-dealkylation sites (N-methyl/N-ethyl adjacent to an activating group) is 1. The SMILES string of the molecule is CN(C)CC1CC2(CCN(C(=O)Nc3ccccc3-c3ccccc3)CC2)C(=O)O1. The monoisotopic (exact) mass is 407 g/mol. The topological polar surface area (TPSA) is 61.9 Å². The highest BCUT2D eigenvalue weighted by Crippen LogP contribution is 2.43. The number of hydrogen-bond donors (Lipinski definition) is 1. The molecule has 0 aliphatic carbocycles. The number of nitrogens with zero attached hydrogens (tertiary/aromatic N) is 2. The Kier molecular flexibility index (Phi) is 5.77. The summed E-state index contributed by atoms with van der Waals surface area (Å²) in [5.41, 5.74) is 2.41. The molecule has 2 aromatic carbocycles. The zero-order chi connectivity index (χ0) is 21.1. The number of carbonyl (C=O) groups is 2. The molecule has 30 heavy (non-hydrogen) atoms. The first-order chi connectivity index (χ1) is 14.5. The second kappa shape index (κ2) is 8.48. The van der Waals surface area contributed by atoms with Gasteiger partial charge in [-0.2, -0.15) is 0 Å². The standard InChI is InChI=1S/C24H29N3O3/c1-26(2)17-19-16-24(22(28)30-19)12-14-27(15-13-24)23(29)25-21-11-7-6-10-20(21)18-8-4-3-5-9-18/h3-11,19H,12-17H2,1-2H3,(H,25,29). The Morgan fingerprint density at radius 3 is 2.47 bits per heavy atom. The molecule has 1 unspecified atom stereocenters. The van der Waals surface area contributed by atoms with E-state index in [1.54, 1.807) is 4.90 Å². The van der Waals surface area contributed by atoms with Gasteiger partial charge in [0.25, 0.3) is 0 Å². The van der Waals surface area contributed by atoms with Gasteiger partial charge in [-0.3, -0.25) is 4.79 Å². The maximum atomic E-state index is 12.9. The molecule has 2 aromatic rings. The fourth-order valence-corrected chi connectivity index (χ4v) is 4.55. The van der Waals surface area contributed by atoms with Crippen LogP contribution in [-0.4, -0.2) is 61.6 Å². The van der Waals surface area contributed by atoms with Crippen LogP contribution in [0.2, 0.25) is 0 Å². The Morgan fingerprint density at radius 1 is 1.10 bits per heavy atom. The normalized spacial score (nSPS) is 20.4. The van der Waals surface area contributed by atoms with Crippen LogP contribution in [-0.2, 0) is 9.53 Å². The number of ether oxygens (including phenoxy) is 1.